The molecule has 28 heavy (non-hydrogen) atoms. The van der Waals surface area contributed by atoms with E-state index >= 15 is 0 Å². The number of fused-ring (bicyclic) bond motifs is 1. The summed E-state index contributed by atoms with van der Waals surface area (Å²) in [5.74, 6) is 2.34. The molecule has 0 N–H and O–H groups in total. The number of aryl methyl sites for hydroxylation is 1. The zero-order valence-corrected chi connectivity index (χ0v) is 17.1. The van der Waals surface area contributed by atoms with Crippen LogP contribution in [0, 0.1) is 12.8 Å². The average Bonchev–Trinajstić information content (AvgIpc) is 3.13. The van der Waals surface area contributed by atoms with Crippen molar-refractivity contribution in [1.29, 1.82) is 0 Å². The lowest BCUT2D eigenvalue weighted by Gasteiger charge is -2.41. The van der Waals surface area contributed by atoms with E-state index in [2.05, 4.69) is 53.2 Å². The fourth-order valence-electron chi connectivity index (χ4n) is 3.98. The number of ether oxygens (including phenoxy) is 1. The predicted molar refractivity (Wildman–Crippen MR) is 111 cm³/mol. The third-order valence-electron chi connectivity index (χ3n) is 5.51. The van der Waals surface area contributed by atoms with E-state index in [1.807, 2.05) is 24.0 Å². The van der Waals surface area contributed by atoms with Crippen LogP contribution in [0.5, 0.6) is 5.75 Å². The van der Waals surface area contributed by atoms with Crippen molar-refractivity contribution in [1.82, 2.24) is 14.5 Å². The van der Waals surface area contributed by atoms with Crippen LogP contribution in [0.2, 0.25) is 0 Å². The second-order valence-electron chi connectivity index (χ2n) is 7.84. The molecule has 6 heteroatoms. The highest BCUT2D eigenvalue weighted by atomic mass is 16.6. The first-order valence-electron chi connectivity index (χ1n) is 9.93. The molecule has 0 amide bonds. The summed E-state index contributed by atoms with van der Waals surface area (Å²) >= 11 is 0. The van der Waals surface area contributed by atoms with Crippen LogP contribution in [0.1, 0.15) is 37.9 Å². The van der Waals surface area contributed by atoms with Crippen molar-refractivity contribution >= 4 is 11.9 Å². The Kier molecular flexibility index (Phi) is 5.11. The molecule has 1 aromatic carbocycles. The van der Waals surface area contributed by atoms with Crippen LogP contribution in [-0.4, -0.2) is 46.6 Å². The highest BCUT2D eigenvalue weighted by molar-refractivity contribution is 6.02. The number of aromatic nitrogens is 2. The molecule has 6 nitrogen and oxygen atoms in total. The summed E-state index contributed by atoms with van der Waals surface area (Å²) < 4.78 is 7.64. The number of benzene rings is 1. The van der Waals surface area contributed by atoms with Crippen LogP contribution in [0.3, 0.4) is 0 Å². The molecule has 2 aromatic rings. The van der Waals surface area contributed by atoms with Gasteiger partial charge in [-0.2, -0.15) is 0 Å². The van der Waals surface area contributed by atoms with Crippen LogP contribution < -0.4 is 4.74 Å². The molecule has 1 atom stereocenters. The summed E-state index contributed by atoms with van der Waals surface area (Å²) in [6, 6.07) is 6.64. The number of piperidine rings is 1. The first-order valence-corrected chi connectivity index (χ1v) is 9.93. The molecular weight excluding hydrogens is 352 g/mol. The Labute approximate surface area is 166 Å². The lowest BCUT2D eigenvalue weighted by Crippen LogP contribution is -2.51. The van der Waals surface area contributed by atoms with Gasteiger partial charge in [0, 0.05) is 12.7 Å². The Hall–Kier alpha value is -2.76. The normalized spacial score (nSPS) is 20.8. The molecule has 2 aliphatic rings. The van der Waals surface area contributed by atoms with Crippen LogP contribution >= 0.6 is 0 Å². The van der Waals surface area contributed by atoms with E-state index in [0.29, 0.717) is 18.6 Å². The number of hydrogen-bond acceptors (Lipinski definition) is 5. The van der Waals surface area contributed by atoms with Gasteiger partial charge in [0.25, 0.3) is 0 Å². The molecule has 4 rings (SSSR count). The average molecular weight is 380 g/mol. The van der Waals surface area contributed by atoms with E-state index in [0.717, 1.165) is 47.9 Å². The summed E-state index contributed by atoms with van der Waals surface area (Å²) in [6.45, 7) is 8.19. The minimum Gasteiger partial charge on any atom is -0.495 e. The van der Waals surface area contributed by atoms with E-state index in [9.17, 15) is 0 Å². The molecule has 0 saturated carbocycles. The molecular formula is C22H28N4O2. The summed E-state index contributed by atoms with van der Waals surface area (Å²) in [6.07, 6.45) is 8.16. The molecule has 1 aromatic heterocycles. The minimum atomic E-state index is 0.387. The summed E-state index contributed by atoms with van der Waals surface area (Å²) in [5.41, 5.74) is 4.29. The quantitative estimate of drug-likeness (QED) is 0.803. The lowest BCUT2D eigenvalue weighted by atomic mass is 9.95. The molecule has 0 spiro atoms. The number of amidine groups is 1. The van der Waals surface area contributed by atoms with Gasteiger partial charge in [-0.25, -0.2) is 4.98 Å². The van der Waals surface area contributed by atoms with Crippen LogP contribution in [-0.2, 0) is 4.84 Å². The van der Waals surface area contributed by atoms with Crippen molar-refractivity contribution in [3.8, 4) is 11.4 Å². The molecule has 0 radical (unpaired) electrons. The van der Waals surface area contributed by atoms with Crippen molar-refractivity contribution in [3.05, 3.63) is 47.6 Å². The second kappa shape index (κ2) is 7.70. The van der Waals surface area contributed by atoms with Crippen molar-refractivity contribution in [3.63, 3.8) is 0 Å². The first kappa shape index (κ1) is 18.6. The molecule has 0 bridgehead atoms. The maximum absolute atomic E-state index is 5.65. The van der Waals surface area contributed by atoms with Gasteiger partial charge in [-0.15, -0.1) is 0 Å². The topological polar surface area (TPSA) is 51.9 Å². The standard InChI is InChI=1S/C22H28N4O2/c1-15(2)20-13-28-24-22-18(6-5-9-26(20)22)10-17-7-8-19(21(11-17)27-4)25-12-16(3)23-14-25/h7-8,10-12,14-15,20H,5-6,9,13H2,1-4H3/t20-/m1/s1. The van der Waals surface area contributed by atoms with E-state index < -0.39 is 0 Å². The fourth-order valence-corrected chi connectivity index (χ4v) is 3.98. The Morgan fingerprint density at radius 2 is 2.18 bits per heavy atom. The zero-order chi connectivity index (χ0) is 19.7. The van der Waals surface area contributed by atoms with E-state index in [4.69, 9.17) is 9.57 Å². The number of hydrogen-bond donors (Lipinski definition) is 0. The van der Waals surface area contributed by atoms with Gasteiger partial charge in [0.15, 0.2) is 5.84 Å². The summed E-state index contributed by atoms with van der Waals surface area (Å²) in [7, 11) is 1.70. The third-order valence-corrected chi connectivity index (χ3v) is 5.51. The van der Waals surface area contributed by atoms with Gasteiger partial charge in [-0.1, -0.05) is 25.1 Å². The Balaban J connectivity index is 1.66. The smallest absolute Gasteiger partial charge is 0.171 e. The predicted octanol–water partition coefficient (Wildman–Crippen LogP) is 4.04. The van der Waals surface area contributed by atoms with E-state index in [-0.39, 0.29) is 0 Å². The van der Waals surface area contributed by atoms with Crippen molar-refractivity contribution < 1.29 is 9.57 Å². The van der Waals surface area contributed by atoms with E-state index in [1.165, 1.54) is 5.57 Å². The Morgan fingerprint density at radius 1 is 1.32 bits per heavy atom. The largest absolute Gasteiger partial charge is 0.495 e. The van der Waals surface area contributed by atoms with Crippen molar-refractivity contribution in [2.45, 2.75) is 39.7 Å². The highest BCUT2D eigenvalue weighted by Gasteiger charge is 2.33. The third kappa shape index (κ3) is 3.51. The Morgan fingerprint density at radius 3 is 2.89 bits per heavy atom. The number of methoxy groups -OCH3 is 1. The molecule has 148 valence electrons. The molecule has 3 heterocycles. The fraction of sp³-hybridized carbons (Fsp3) is 0.455. The van der Waals surface area contributed by atoms with Crippen LogP contribution in [0.4, 0.5) is 0 Å². The monoisotopic (exact) mass is 380 g/mol. The van der Waals surface area contributed by atoms with Crippen molar-refractivity contribution in [2.24, 2.45) is 11.1 Å². The molecule has 0 aliphatic carbocycles. The summed E-state index contributed by atoms with van der Waals surface area (Å²) in [4.78, 5) is 12.3. The number of oxime groups is 1. The molecule has 0 unspecified atom stereocenters. The number of rotatable bonds is 4. The molecule has 1 fully saturated rings. The number of nitrogens with zero attached hydrogens (tertiary/aromatic N) is 4. The van der Waals surface area contributed by atoms with Crippen LogP contribution in [0.15, 0.2) is 41.5 Å². The number of imidazole rings is 1. The first-order chi connectivity index (χ1) is 13.6. The van der Waals surface area contributed by atoms with Gasteiger partial charge in [0.1, 0.15) is 12.4 Å². The van der Waals surface area contributed by atoms with Gasteiger partial charge in [0.05, 0.1) is 30.9 Å². The zero-order valence-electron chi connectivity index (χ0n) is 17.1. The van der Waals surface area contributed by atoms with E-state index in [1.54, 1.807) is 7.11 Å². The molecule has 1 saturated heterocycles. The van der Waals surface area contributed by atoms with Gasteiger partial charge >= 0.3 is 0 Å². The molecule has 2 aliphatic heterocycles. The van der Waals surface area contributed by atoms with Gasteiger partial charge in [0.2, 0.25) is 0 Å². The lowest BCUT2D eigenvalue weighted by molar-refractivity contribution is 0.0396. The van der Waals surface area contributed by atoms with Crippen LogP contribution in [0.25, 0.3) is 11.8 Å². The van der Waals surface area contributed by atoms with Gasteiger partial charge < -0.3 is 19.0 Å². The summed E-state index contributed by atoms with van der Waals surface area (Å²) in [5, 5.41) is 4.40. The maximum atomic E-state index is 5.65. The second-order valence-corrected chi connectivity index (χ2v) is 7.84. The van der Waals surface area contributed by atoms with Gasteiger partial charge in [-0.3, -0.25) is 0 Å². The SMILES string of the molecule is COc1cc(C=C2CCCN3C2=NOC[C@@H]3C(C)C)ccc1-n1cnc(C)c1. The highest BCUT2D eigenvalue weighted by Crippen LogP contribution is 2.30. The Bertz CT molecular complexity index is 913. The maximum Gasteiger partial charge on any atom is 0.171 e. The van der Waals surface area contributed by atoms with Crippen molar-refractivity contribution in [2.75, 3.05) is 20.3 Å². The van der Waals surface area contributed by atoms with Gasteiger partial charge in [-0.05, 0) is 55.0 Å². The minimum absolute atomic E-state index is 0.387.